The fourth-order valence-corrected chi connectivity index (χ4v) is 4.53. The predicted octanol–water partition coefficient (Wildman–Crippen LogP) is 2.65. The lowest BCUT2D eigenvalue weighted by Crippen LogP contribution is -2.49. The molecule has 2 aromatic carbocycles. The summed E-state index contributed by atoms with van der Waals surface area (Å²) in [6.07, 6.45) is 0. The van der Waals surface area contributed by atoms with Crippen LogP contribution in [0.3, 0.4) is 0 Å². The zero-order valence-electron chi connectivity index (χ0n) is 19.0. The molecule has 0 radical (unpaired) electrons. The molecule has 0 spiro atoms. The average Bonchev–Trinajstić information content (AvgIpc) is 3.32. The highest BCUT2D eigenvalue weighted by Gasteiger charge is 2.31. The fraction of sp³-hybridized carbons (Fsp3) is 0.320. The Kier molecular flexibility index (Phi) is 5.91. The summed E-state index contributed by atoms with van der Waals surface area (Å²) < 4.78 is 21.1. The minimum Gasteiger partial charge on any atom is -0.495 e. The molecule has 0 unspecified atom stereocenters. The number of methoxy groups -OCH3 is 1. The van der Waals surface area contributed by atoms with E-state index in [1.165, 1.54) is 6.07 Å². The molecule has 0 bridgehead atoms. The Morgan fingerprint density at radius 3 is 2.50 bits per heavy atom. The van der Waals surface area contributed by atoms with Crippen LogP contribution in [0.5, 0.6) is 5.75 Å². The molecule has 2 aliphatic heterocycles. The number of carbonyl (C=O) groups is 2. The Labute approximate surface area is 197 Å². The highest BCUT2D eigenvalue weighted by molar-refractivity contribution is 5.98. The van der Waals surface area contributed by atoms with Crippen molar-refractivity contribution in [2.75, 3.05) is 44.7 Å². The zero-order valence-corrected chi connectivity index (χ0v) is 19.0. The molecule has 0 N–H and O–H groups in total. The Morgan fingerprint density at radius 2 is 1.74 bits per heavy atom. The molecule has 2 aliphatic rings. The van der Waals surface area contributed by atoms with Crippen molar-refractivity contribution in [3.8, 4) is 5.75 Å². The molecule has 176 valence electrons. The number of benzene rings is 2. The summed E-state index contributed by atoms with van der Waals surface area (Å²) in [7, 11) is 1.65. The number of ether oxygens (including phenoxy) is 1. The molecule has 5 rings (SSSR count). The van der Waals surface area contributed by atoms with E-state index in [9.17, 15) is 14.0 Å². The number of aromatic nitrogens is 2. The highest BCUT2D eigenvalue weighted by Crippen LogP contribution is 2.28. The molecule has 3 heterocycles. The first-order chi connectivity index (χ1) is 16.5. The second-order valence-electron chi connectivity index (χ2n) is 8.41. The standard InChI is InChI=1S/C25H26FN5O3/c1-34-23-9-5-4-8-21(23)28-10-12-29(13-11-28)24(32)20-16-22-25(33)30(14-15-31(22)27-20)17-18-6-2-3-7-19(18)26/h2-9,16H,10-15,17H2,1H3. The average molecular weight is 464 g/mol. The molecule has 9 heteroatoms. The van der Waals surface area contributed by atoms with Gasteiger partial charge in [0.05, 0.1) is 19.3 Å². The first kappa shape index (κ1) is 21.9. The number of carbonyl (C=O) groups excluding carboxylic acids is 2. The van der Waals surface area contributed by atoms with Crippen molar-refractivity contribution in [1.82, 2.24) is 19.6 Å². The number of hydrogen-bond acceptors (Lipinski definition) is 5. The third kappa shape index (κ3) is 4.09. The Bertz CT molecular complexity index is 1220. The summed E-state index contributed by atoms with van der Waals surface area (Å²) in [6.45, 7) is 3.51. The number of para-hydroxylation sites is 2. The van der Waals surface area contributed by atoms with Gasteiger partial charge >= 0.3 is 0 Å². The Hall–Kier alpha value is -3.88. The number of anilines is 1. The summed E-state index contributed by atoms with van der Waals surface area (Å²) in [5.74, 6) is 0.0390. The van der Waals surface area contributed by atoms with Gasteiger partial charge in [-0.15, -0.1) is 0 Å². The largest absolute Gasteiger partial charge is 0.495 e. The van der Waals surface area contributed by atoms with Gasteiger partial charge in [-0.3, -0.25) is 14.3 Å². The lowest BCUT2D eigenvalue weighted by Gasteiger charge is -2.36. The lowest BCUT2D eigenvalue weighted by molar-refractivity contribution is 0.0678. The van der Waals surface area contributed by atoms with Gasteiger partial charge in [0.1, 0.15) is 17.3 Å². The van der Waals surface area contributed by atoms with Gasteiger partial charge in [0.15, 0.2) is 5.69 Å². The Morgan fingerprint density at radius 1 is 1.00 bits per heavy atom. The van der Waals surface area contributed by atoms with Crippen LogP contribution in [0.25, 0.3) is 0 Å². The van der Waals surface area contributed by atoms with E-state index in [1.54, 1.807) is 45.9 Å². The Balaban J connectivity index is 1.25. The fourth-order valence-electron chi connectivity index (χ4n) is 4.53. The van der Waals surface area contributed by atoms with Crippen LogP contribution in [0.1, 0.15) is 26.5 Å². The van der Waals surface area contributed by atoms with Crippen molar-refractivity contribution >= 4 is 17.5 Å². The monoisotopic (exact) mass is 463 g/mol. The highest BCUT2D eigenvalue weighted by atomic mass is 19.1. The van der Waals surface area contributed by atoms with Crippen LogP contribution in [-0.4, -0.2) is 71.2 Å². The third-order valence-corrected chi connectivity index (χ3v) is 6.40. The minimum atomic E-state index is -0.336. The van der Waals surface area contributed by atoms with Crippen LogP contribution in [0.4, 0.5) is 10.1 Å². The number of amides is 2. The van der Waals surface area contributed by atoms with Crippen LogP contribution in [-0.2, 0) is 13.1 Å². The second kappa shape index (κ2) is 9.17. The smallest absolute Gasteiger partial charge is 0.274 e. The number of nitrogens with zero attached hydrogens (tertiary/aromatic N) is 5. The van der Waals surface area contributed by atoms with Crippen LogP contribution in [0, 0.1) is 5.82 Å². The van der Waals surface area contributed by atoms with Gasteiger partial charge in [0.2, 0.25) is 0 Å². The van der Waals surface area contributed by atoms with Crippen molar-refractivity contribution in [2.45, 2.75) is 13.1 Å². The quantitative estimate of drug-likeness (QED) is 0.582. The molecule has 3 aromatic rings. The van der Waals surface area contributed by atoms with Gasteiger partial charge in [-0.1, -0.05) is 30.3 Å². The van der Waals surface area contributed by atoms with Gasteiger partial charge in [-0.2, -0.15) is 5.10 Å². The molecule has 0 atom stereocenters. The van der Waals surface area contributed by atoms with Gasteiger partial charge in [0.25, 0.3) is 11.8 Å². The van der Waals surface area contributed by atoms with Crippen LogP contribution in [0.2, 0.25) is 0 Å². The summed E-state index contributed by atoms with van der Waals surface area (Å²) in [5.41, 5.74) is 2.10. The maximum atomic E-state index is 14.0. The minimum absolute atomic E-state index is 0.185. The SMILES string of the molecule is COc1ccccc1N1CCN(C(=O)c2cc3n(n2)CCN(Cc2ccccc2F)C3=O)CC1. The van der Waals surface area contributed by atoms with E-state index in [1.807, 2.05) is 24.3 Å². The summed E-state index contributed by atoms with van der Waals surface area (Å²) >= 11 is 0. The van der Waals surface area contributed by atoms with Crippen molar-refractivity contribution < 1.29 is 18.7 Å². The topological polar surface area (TPSA) is 70.9 Å². The van der Waals surface area contributed by atoms with Crippen molar-refractivity contribution in [1.29, 1.82) is 0 Å². The summed E-state index contributed by atoms with van der Waals surface area (Å²) in [5, 5.41) is 4.41. The molecule has 2 amide bonds. The van der Waals surface area contributed by atoms with Crippen molar-refractivity contribution in [2.24, 2.45) is 0 Å². The second-order valence-corrected chi connectivity index (χ2v) is 8.41. The molecule has 1 fully saturated rings. The number of rotatable bonds is 5. The van der Waals surface area contributed by atoms with E-state index in [0.29, 0.717) is 50.5 Å². The number of piperazine rings is 1. The third-order valence-electron chi connectivity index (χ3n) is 6.40. The molecule has 0 saturated carbocycles. The van der Waals surface area contributed by atoms with E-state index in [-0.39, 0.29) is 29.9 Å². The van der Waals surface area contributed by atoms with Crippen LogP contribution in [0.15, 0.2) is 54.6 Å². The number of halogens is 1. The normalized spacial score (nSPS) is 15.9. The van der Waals surface area contributed by atoms with Crippen molar-refractivity contribution in [3.05, 3.63) is 77.4 Å². The maximum Gasteiger partial charge on any atom is 0.274 e. The van der Waals surface area contributed by atoms with Gasteiger partial charge in [-0.25, -0.2) is 4.39 Å². The summed E-state index contributed by atoms with van der Waals surface area (Å²) in [4.78, 5) is 31.7. The molecule has 8 nitrogen and oxygen atoms in total. The van der Waals surface area contributed by atoms with Crippen molar-refractivity contribution in [3.63, 3.8) is 0 Å². The van der Waals surface area contributed by atoms with E-state index in [2.05, 4.69) is 10.00 Å². The predicted molar refractivity (Wildman–Crippen MR) is 124 cm³/mol. The lowest BCUT2D eigenvalue weighted by atomic mass is 10.1. The van der Waals surface area contributed by atoms with E-state index in [4.69, 9.17) is 4.74 Å². The molecular formula is C25H26FN5O3. The summed E-state index contributed by atoms with van der Waals surface area (Å²) in [6, 6.07) is 15.8. The van der Waals surface area contributed by atoms with Crippen LogP contribution >= 0.6 is 0 Å². The maximum absolute atomic E-state index is 14.0. The first-order valence-corrected chi connectivity index (χ1v) is 11.3. The van der Waals surface area contributed by atoms with E-state index < -0.39 is 0 Å². The van der Waals surface area contributed by atoms with Gasteiger partial charge in [0, 0.05) is 50.9 Å². The molecule has 1 aromatic heterocycles. The van der Waals surface area contributed by atoms with E-state index in [0.717, 1.165) is 11.4 Å². The van der Waals surface area contributed by atoms with Gasteiger partial charge in [-0.05, 0) is 18.2 Å². The van der Waals surface area contributed by atoms with Crippen LogP contribution < -0.4 is 9.64 Å². The first-order valence-electron chi connectivity index (χ1n) is 11.3. The zero-order chi connectivity index (χ0) is 23.7. The number of fused-ring (bicyclic) bond motifs is 1. The molecule has 34 heavy (non-hydrogen) atoms. The number of hydrogen-bond donors (Lipinski definition) is 0. The van der Waals surface area contributed by atoms with Gasteiger partial charge < -0.3 is 19.4 Å². The molecule has 1 saturated heterocycles. The molecular weight excluding hydrogens is 437 g/mol. The van der Waals surface area contributed by atoms with E-state index >= 15 is 0 Å². The molecule has 0 aliphatic carbocycles.